The zero-order chi connectivity index (χ0) is 13.2. The van der Waals surface area contributed by atoms with Gasteiger partial charge in [0.15, 0.2) is 0 Å². The van der Waals surface area contributed by atoms with Crippen molar-refractivity contribution in [3.05, 3.63) is 18.2 Å². The molecule has 0 aromatic carbocycles. The third-order valence-electron chi connectivity index (χ3n) is 5.20. The predicted octanol–water partition coefficient (Wildman–Crippen LogP) is 2.99. The first-order chi connectivity index (χ1) is 9.26. The minimum absolute atomic E-state index is 0.294. The van der Waals surface area contributed by atoms with Gasteiger partial charge in [-0.05, 0) is 49.9 Å². The van der Waals surface area contributed by atoms with Gasteiger partial charge in [0, 0.05) is 31.4 Å². The minimum Gasteiger partial charge on any atom is -0.335 e. The van der Waals surface area contributed by atoms with Gasteiger partial charge < -0.3 is 10.3 Å². The Morgan fingerprint density at radius 2 is 2.32 bits per heavy atom. The zero-order valence-corrected chi connectivity index (χ0v) is 12.1. The van der Waals surface area contributed by atoms with Crippen LogP contribution in [0.3, 0.4) is 0 Å². The summed E-state index contributed by atoms with van der Waals surface area (Å²) in [7, 11) is 0. The van der Waals surface area contributed by atoms with Crippen molar-refractivity contribution in [1.82, 2.24) is 9.55 Å². The molecule has 106 valence electrons. The average molecular weight is 261 g/mol. The summed E-state index contributed by atoms with van der Waals surface area (Å²) in [5, 5.41) is 0. The molecule has 0 spiro atoms. The van der Waals surface area contributed by atoms with Gasteiger partial charge in [-0.25, -0.2) is 4.98 Å². The van der Waals surface area contributed by atoms with Gasteiger partial charge in [0.05, 0.1) is 0 Å². The van der Waals surface area contributed by atoms with Crippen LogP contribution in [0.5, 0.6) is 0 Å². The molecule has 3 rings (SSSR count). The summed E-state index contributed by atoms with van der Waals surface area (Å²) < 4.78 is 2.26. The number of hydrogen-bond donors (Lipinski definition) is 1. The molecule has 1 aromatic rings. The summed E-state index contributed by atoms with van der Waals surface area (Å²) in [6, 6.07) is 0.294. The van der Waals surface area contributed by atoms with Crippen molar-refractivity contribution >= 4 is 0 Å². The molecule has 4 atom stereocenters. The fourth-order valence-electron chi connectivity index (χ4n) is 4.35. The van der Waals surface area contributed by atoms with Crippen LogP contribution in [-0.4, -0.2) is 15.6 Å². The molecular weight excluding hydrogens is 234 g/mol. The van der Waals surface area contributed by atoms with E-state index in [1.807, 2.05) is 6.20 Å². The van der Waals surface area contributed by atoms with E-state index >= 15 is 0 Å². The van der Waals surface area contributed by atoms with E-state index in [4.69, 9.17) is 5.73 Å². The third kappa shape index (κ3) is 2.86. The van der Waals surface area contributed by atoms with E-state index < -0.39 is 0 Å². The number of aryl methyl sites for hydroxylation is 1. The van der Waals surface area contributed by atoms with Gasteiger partial charge in [0.25, 0.3) is 0 Å². The summed E-state index contributed by atoms with van der Waals surface area (Å²) in [5.74, 6) is 4.11. The predicted molar refractivity (Wildman–Crippen MR) is 77.8 cm³/mol. The van der Waals surface area contributed by atoms with Crippen LogP contribution in [0.15, 0.2) is 12.4 Å². The van der Waals surface area contributed by atoms with Crippen molar-refractivity contribution in [3.63, 3.8) is 0 Å². The molecule has 19 heavy (non-hydrogen) atoms. The number of nitrogens with zero attached hydrogens (tertiary/aromatic N) is 2. The molecule has 2 aliphatic carbocycles. The third-order valence-corrected chi connectivity index (χ3v) is 5.20. The molecule has 0 saturated heterocycles. The Labute approximate surface area is 116 Å². The van der Waals surface area contributed by atoms with E-state index in [0.29, 0.717) is 6.04 Å². The fraction of sp³-hybridized carbons (Fsp3) is 0.812. The summed E-state index contributed by atoms with van der Waals surface area (Å²) in [6.07, 6.45) is 13.2. The highest BCUT2D eigenvalue weighted by atomic mass is 15.1. The van der Waals surface area contributed by atoms with Gasteiger partial charge in [-0.15, -0.1) is 0 Å². The lowest BCUT2D eigenvalue weighted by Crippen LogP contribution is -2.29. The molecule has 2 saturated carbocycles. The molecule has 3 heteroatoms. The van der Waals surface area contributed by atoms with Crippen LogP contribution in [0.1, 0.15) is 51.3 Å². The first kappa shape index (κ1) is 13.2. The smallest absolute Gasteiger partial charge is 0.110 e. The SMILES string of the molecule is CCCn1ccnc1CC(N)CC1CC2CCC1C2. The Morgan fingerprint density at radius 1 is 1.42 bits per heavy atom. The molecule has 3 nitrogen and oxygen atoms in total. The molecule has 0 amide bonds. The van der Waals surface area contributed by atoms with Crippen LogP contribution in [0.2, 0.25) is 0 Å². The van der Waals surface area contributed by atoms with Crippen LogP contribution in [0.25, 0.3) is 0 Å². The molecule has 2 aliphatic rings. The minimum atomic E-state index is 0.294. The average Bonchev–Trinajstić information content (AvgIpc) is 3.07. The van der Waals surface area contributed by atoms with E-state index in [0.717, 1.165) is 37.1 Å². The first-order valence-corrected chi connectivity index (χ1v) is 8.01. The van der Waals surface area contributed by atoms with E-state index in [1.165, 1.54) is 37.9 Å². The standard InChI is InChI=1S/C16H27N3/c1-2-6-19-7-5-18-16(19)11-15(17)10-14-9-12-3-4-13(14)8-12/h5,7,12-15H,2-4,6,8-11,17H2,1H3. The quantitative estimate of drug-likeness (QED) is 0.855. The molecule has 0 radical (unpaired) electrons. The van der Waals surface area contributed by atoms with Crippen molar-refractivity contribution < 1.29 is 0 Å². The van der Waals surface area contributed by atoms with E-state index in [9.17, 15) is 0 Å². The second-order valence-electron chi connectivity index (χ2n) is 6.67. The number of imidazole rings is 1. The second kappa shape index (κ2) is 5.66. The highest BCUT2D eigenvalue weighted by Crippen LogP contribution is 2.49. The monoisotopic (exact) mass is 261 g/mol. The Hall–Kier alpha value is -0.830. The van der Waals surface area contributed by atoms with Gasteiger partial charge in [-0.3, -0.25) is 0 Å². The summed E-state index contributed by atoms with van der Waals surface area (Å²) in [5.41, 5.74) is 6.39. The molecule has 0 aliphatic heterocycles. The number of rotatable bonds is 6. The zero-order valence-electron chi connectivity index (χ0n) is 12.1. The van der Waals surface area contributed by atoms with Crippen LogP contribution >= 0.6 is 0 Å². The molecule has 2 fully saturated rings. The molecule has 2 bridgehead atoms. The summed E-state index contributed by atoms with van der Waals surface area (Å²) >= 11 is 0. The normalized spacial score (nSPS) is 30.9. The van der Waals surface area contributed by atoms with Gasteiger partial charge >= 0.3 is 0 Å². The largest absolute Gasteiger partial charge is 0.335 e. The van der Waals surface area contributed by atoms with Crippen molar-refractivity contribution in [2.45, 2.75) is 64.5 Å². The molecule has 2 N–H and O–H groups in total. The highest BCUT2D eigenvalue weighted by molar-refractivity contribution is 4.97. The number of hydrogen-bond acceptors (Lipinski definition) is 2. The molecule has 1 heterocycles. The maximum Gasteiger partial charge on any atom is 0.110 e. The van der Waals surface area contributed by atoms with E-state index in [2.05, 4.69) is 22.7 Å². The first-order valence-electron chi connectivity index (χ1n) is 8.01. The van der Waals surface area contributed by atoms with Crippen molar-refractivity contribution in [2.24, 2.45) is 23.5 Å². The summed E-state index contributed by atoms with van der Waals surface area (Å²) in [6.45, 7) is 3.27. The maximum absolute atomic E-state index is 6.39. The van der Waals surface area contributed by atoms with Gasteiger partial charge in [-0.1, -0.05) is 13.3 Å². The number of aromatic nitrogens is 2. The van der Waals surface area contributed by atoms with Crippen molar-refractivity contribution in [2.75, 3.05) is 0 Å². The topological polar surface area (TPSA) is 43.8 Å². The van der Waals surface area contributed by atoms with Crippen molar-refractivity contribution in [3.8, 4) is 0 Å². The van der Waals surface area contributed by atoms with Gasteiger partial charge in [-0.2, -0.15) is 0 Å². The Bertz CT molecular complexity index is 412. The van der Waals surface area contributed by atoms with Gasteiger partial charge in [0.1, 0.15) is 5.82 Å². The lowest BCUT2D eigenvalue weighted by molar-refractivity contribution is 0.292. The molecule has 4 unspecified atom stereocenters. The van der Waals surface area contributed by atoms with Crippen LogP contribution in [-0.2, 0) is 13.0 Å². The lowest BCUT2D eigenvalue weighted by atomic mass is 9.84. The van der Waals surface area contributed by atoms with E-state index in [1.54, 1.807) is 0 Å². The van der Waals surface area contributed by atoms with Crippen molar-refractivity contribution in [1.29, 1.82) is 0 Å². The highest BCUT2D eigenvalue weighted by Gasteiger charge is 2.39. The van der Waals surface area contributed by atoms with Crippen LogP contribution in [0, 0.1) is 17.8 Å². The van der Waals surface area contributed by atoms with Gasteiger partial charge in [0.2, 0.25) is 0 Å². The van der Waals surface area contributed by atoms with E-state index in [-0.39, 0.29) is 0 Å². The Morgan fingerprint density at radius 3 is 3.00 bits per heavy atom. The van der Waals surface area contributed by atoms with Crippen LogP contribution < -0.4 is 5.73 Å². The molecule has 1 aromatic heterocycles. The lowest BCUT2D eigenvalue weighted by Gasteiger charge is -2.24. The Balaban J connectivity index is 1.53. The molecular formula is C16H27N3. The number of nitrogens with two attached hydrogens (primary N) is 1. The number of fused-ring (bicyclic) bond motifs is 2. The summed E-state index contributed by atoms with van der Waals surface area (Å²) in [4.78, 5) is 4.48. The maximum atomic E-state index is 6.39. The second-order valence-corrected chi connectivity index (χ2v) is 6.67. The Kier molecular flexibility index (Phi) is 3.92. The fourth-order valence-corrected chi connectivity index (χ4v) is 4.35. The van der Waals surface area contributed by atoms with Crippen LogP contribution in [0.4, 0.5) is 0 Å².